The topological polar surface area (TPSA) is 92.7 Å². The average Bonchev–Trinajstić information content (AvgIpc) is 2.92. The lowest BCUT2D eigenvalue weighted by molar-refractivity contribution is -0.116. The summed E-state index contributed by atoms with van der Waals surface area (Å²) < 4.78 is 14.7. The standard InChI is InChI=1S/C17H14FN5O2/c1-9-16-12(10-2-4-11(18)5-3-10)8-15(25)19-17(16)23(22-9)13-6-7-14(24)21-20-13/h2-7,12H,8H2,1H3,(H,19,25)(H,21,24)/t12-/m0/s1. The Labute approximate surface area is 141 Å². The van der Waals surface area contributed by atoms with Crippen LogP contribution < -0.4 is 10.9 Å². The summed E-state index contributed by atoms with van der Waals surface area (Å²) in [5, 5.41) is 13.6. The fourth-order valence-electron chi connectivity index (χ4n) is 3.15. The van der Waals surface area contributed by atoms with Crippen LogP contribution in [-0.4, -0.2) is 25.9 Å². The van der Waals surface area contributed by atoms with Crippen LogP contribution in [0.3, 0.4) is 0 Å². The molecule has 2 N–H and O–H groups in total. The summed E-state index contributed by atoms with van der Waals surface area (Å²) in [6, 6.07) is 8.98. The maximum atomic E-state index is 13.2. The van der Waals surface area contributed by atoms with Crippen molar-refractivity contribution in [2.45, 2.75) is 19.3 Å². The molecule has 0 spiro atoms. The zero-order chi connectivity index (χ0) is 17.6. The Kier molecular flexibility index (Phi) is 3.45. The van der Waals surface area contributed by atoms with Crippen molar-refractivity contribution in [1.82, 2.24) is 20.0 Å². The summed E-state index contributed by atoms with van der Waals surface area (Å²) in [6.07, 6.45) is 0.254. The SMILES string of the molecule is Cc1nn(-c2ccc(=O)[nH]n2)c2c1[C@H](c1ccc(F)cc1)CC(=O)N2. The first-order valence-electron chi connectivity index (χ1n) is 7.74. The van der Waals surface area contributed by atoms with Gasteiger partial charge in [0.05, 0.1) is 5.69 Å². The maximum Gasteiger partial charge on any atom is 0.264 e. The number of fused-ring (bicyclic) bond motifs is 1. The molecule has 4 rings (SSSR count). The summed E-state index contributed by atoms with van der Waals surface area (Å²) in [4.78, 5) is 23.4. The van der Waals surface area contributed by atoms with Crippen LogP contribution in [0.2, 0.25) is 0 Å². The van der Waals surface area contributed by atoms with Gasteiger partial charge in [-0.3, -0.25) is 9.59 Å². The lowest BCUT2D eigenvalue weighted by Gasteiger charge is -2.24. The molecule has 0 saturated heterocycles. The number of amides is 1. The van der Waals surface area contributed by atoms with Crippen LogP contribution in [0.4, 0.5) is 10.2 Å². The third-order valence-electron chi connectivity index (χ3n) is 4.26. The van der Waals surface area contributed by atoms with Crippen molar-refractivity contribution in [1.29, 1.82) is 0 Å². The van der Waals surface area contributed by atoms with Gasteiger partial charge in [0.25, 0.3) is 5.56 Å². The summed E-state index contributed by atoms with van der Waals surface area (Å²) in [5.41, 5.74) is 2.11. The Morgan fingerprint density at radius 2 is 1.92 bits per heavy atom. The number of nitrogens with one attached hydrogen (secondary N) is 2. The fourth-order valence-corrected chi connectivity index (χ4v) is 3.15. The molecule has 25 heavy (non-hydrogen) atoms. The molecule has 126 valence electrons. The highest BCUT2D eigenvalue weighted by Crippen LogP contribution is 2.39. The van der Waals surface area contributed by atoms with E-state index >= 15 is 0 Å². The summed E-state index contributed by atoms with van der Waals surface area (Å²) in [5.74, 6) is 0.203. The molecule has 0 fully saturated rings. The molecule has 0 saturated carbocycles. The first kappa shape index (κ1) is 15.3. The molecule has 3 aromatic rings. The molecular formula is C17H14FN5O2. The Bertz CT molecular complexity index is 1000. The third-order valence-corrected chi connectivity index (χ3v) is 4.26. The van der Waals surface area contributed by atoms with Gasteiger partial charge in [0, 0.05) is 24.0 Å². The van der Waals surface area contributed by atoms with Crippen molar-refractivity contribution in [2.24, 2.45) is 0 Å². The molecule has 0 unspecified atom stereocenters. The zero-order valence-corrected chi connectivity index (χ0v) is 13.3. The molecule has 7 nitrogen and oxygen atoms in total. The van der Waals surface area contributed by atoms with Crippen LogP contribution in [0.15, 0.2) is 41.2 Å². The molecule has 1 atom stereocenters. The zero-order valence-electron chi connectivity index (χ0n) is 13.3. The normalized spacial score (nSPS) is 16.4. The summed E-state index contributed by atoms with van der Waals surface area (Å²) >= 11 is 0. The number of aryl methyl sites for hydroxylation is 1. The monoisotopic (exact) mass is 339 g/mol. The molecule has 2 aromatic heterocycles. The van der Waals surface area contributed by atoms with Crippen LogP contribution in [0.25, 0.3) is 5.82 Å². The second-order valence-corrected chi connectivity index (χ2v) is 5.90. The molecule has 3 heterocycles. The molecule has 0 aliphatic carbocycles. The van der Waals surface area contributed by atoms with Gasteiger partial charge in [-0.2, -0.15) is 14.9 Å². The fraction of sp³-hybridized carbons (Fsp3) is 0.176. The van der Waals surface area contributed by atoms with Gasteiger partial charge in [0.1, 0.15) is 11.6 Å². The number of aromatic nitrogens is 4. The number of benzene rings is 1. The molecule has 1 aromatic carbocycles. The number of hydrogen-bond acceptors (Lipinski definition) is 4. The van der Waals surface area contributed by atoms with Crippen molar-refractivity contribution in [2.75, 3.05) is 5.32 Å². The highest BCUT2D eigenvalue weighted by molar-refractivity contribution is 5.95. The van der Waals surface area contributed by atoms with E-state index in [1.54, 1.807) is 12.1 Å². The number of hydrogen-bond donors (Lipinski definition) is 2. The van der Waals surface area contributed by atoms with Gasteiger partial charge < -0.3 is 5.32 Å². The number of rotatable bonds is 2. The Hall–Kier alpha value is -3.29. The van der Waals surface area contributed by atoms with Gasteiger partial charge in [-0.15, -0.1) is 0 Å². The van der Waals surface area contributed by atoms with Gasteiger partial charge in [-0.1, -0.05) is 12.1 Å². The van der Waals surface area contributed by atoms with Crippen molar-refractivity contribution >= 4 is 11.7 Å². The van der Waals surface area contributed by atoms with E-state index < -0.39 is 0 Å². The molecule has 0 radical (unpaired) electrons. The van der Waals surface area contributed by atoms with Gasteiger partial charge in [0.2, 0.25) is 5.91 Å². The molecule has 1 aliphatic rings. The predicted octanol–water partition coefficient (Wildman–Crippen LogP) is 1.88. The van der Waals surface area contributed by atoms with Crippen molar-refractivity contribution < 1.29 is 9.18 Å². The number of nitrogens with zero attached hydrogens (tertiary/aromatic N) is 3. The average molecular weight is 339 g/mol. The van der Waals surface area contributed by atoms with E-state index in [4.69, 9.17) is 0 Å². The number of H-pyrrole nitrogens is 1. The van der Waals surface area contributed by atoms with Gasteiger partial charge in [-0.05, 0) is 30.7 Å². The largest absolute Gasteiger partial charge is 0.310 e. The third kappa shape index (κ3) is 2.61. The smallest absolute Gasteiger partial charge is 0.264 e. The molecule has 8 heteroatoms. The van der Waals surface area contributed by atoms with E-state index in [0.29, 0.717) is 11.6 Å². The maximum absolute atomic E-state index is 13.2. The minimum Gasteiger partial charge on any atom is -0.310 e. The number of carbonyl (C=O) groups is 1. The van der Waals surface area contributed by atoms with E-state index in [1.807, 2.05) is 6.92 Å². The van der Waals surface area contributed by atoms with E-state index in [9.17, 15) is 14.0 Å². The van der Waals surface area contributed by atoms with E-state index in [0.717, 1.165) is 16.8 Å². The van der Waals surface area contributed by atoms with Crippen LogP contribution in [0, 0.1) is 12.7 Å². The second kappa shape index (κ2) is 5.66. The van der Waals surface area contributed by atoms with Crippen LogP contribution in [0.1, 0.15) is 29.2 Å². The van der Waals surface area contributed by atoms with E-state index in [-0.39, 0.29) is 29.6 Å². The Morgan fingerprint density at radius 1 is 1.16 bits per heavy atom. The van der Waals surface area contributed by atoms with E-state index in [1.165, 1.54) is 28.9 Å². The number of anilines is 1. The number of halogens is 1. The first-order chi connectivity index (χ1) is 12.0. The van der Waals surface area contributed by atoms with Crippen molar-refractivity contribution in [3.8, 4) is 5.82 Å². The lowest BCUT2D eigenvalue weighted by atomic mass is 9.86. The van der Waals surface area contributed by atoms with E-state index in [2.05, 4.69) is 20.6 Å². The van der Waals surface area contributed by atoms with Gasteiger partial charge >= 0.3 is 0 Å². The van der Waals surface area contributed by atoms with Gasteiger partial charge in [0.15, 0.2) is 5.82 Å². The van der Waals surface area contributed by atoms with Crippen LogP contribution in [-0.2, 0) is 4.79 Å². The highest BCUT2D eigenvalue weighted by atomic mass is 19.1. The minimum atomic E-state index is -0.325. The Morgan fingerprint density at radius 3 is 2.60 bits per heavy atom. The minimum absolute atomic E-state index is 0.160. The Balaban J connectivity index is 1.87. The first-order valence-corrected chi connectivity index (χ1v) is 7.74. The molecular weight excluding hydrogens is 325 g/mol. The van der Waals surface area contributed by atoms with Crippen molar-refractivity contribution in [3.05, 3.63) is 69.4 Å². The molecule has 1 amide bonds. The predicted molar refractivity (Wildman–Crippen MR) is 88.2 cm³/mol. The second-order valence-electron chi connectivity index (χ2n) is 5.90. The number of aromatic amines is 1. The summed E-state index contributed by atoms with van der Waals surface area (Å²) in [7, 11) is 0. The summed E-state index contributed by atoms with van der Waals surface area (Å²) in [6.45, 7) is 1.84. The van der Waals surface area contributed by atoms with Gasteiger partial charge in [-0.25, -0.2) is 9.49 Å². The number of carbonyl (C=O) groups excluding carboxylic acids is 1. The van der Waals surface area contributed by atoms with Crippen molar-refractivity contribution in [3.63, 3.8) is 0 Å². The quantitative estimate of drug-likeness (QED) is 0.745. The highest BCUT2D eigenvalue weighted by Gasteiger charge is 2.32. The molecule has 0 bridgehead atoms. The van der Waals surface area contributed by atoms with Crippen LogP contribution >= 0.6 is 0 Å². The molecule has 1 aliphatic heterocycles. The lowest BCUT2D eigenvalue weighted by Crippen LogP contribution is -2.25. The van der Waals surface area contributed by atoms with Crippen LogP contribution in [0.5, 0.6) is 0 Å².